The van der Waals surface area contributed by atoms with Crippen LogP contribution in [0, 0.1) is 5.92 Å². The lowest BCUT2D eigenvalue weighted by atomic mass is 10.2. The molecule has 1 aliphatic rings. The van der Waals surface area contributed by atoms with Gasteiger partial charge in [0.25, 0.3) is 0 Å². The van der Waals surface area contributed by atoms with E-state index in [0.29, 0.717) is 19.3 Å². The second kappa shape index (κ2) is 6.35. The van der Waals surface area contributed by atoms with Crippen LogP contribution in [0.4, 0.5) is 0 Å². The molecule has 0 heterocycles. The molecule has 1 atom stereocenters. The third-order valence-corrected chi connectivity index (χ3v) is 2.47. The molecule has 0 aromatic rings. The van der Waals surface area contributed by atoms with E-state index < -0.39 is 0 Å². The topological polar surface area (TPSA) is 30.5 Å². The lowest BCUT2D eigenvalue weighted by molar-refractivity contribution is 0.0710. The van der Waals surface area contributed by atoms with Crippen molar-refractivity contribution in [2.75, 3.05) is 33.5 Å². The summed E-state index contributed by atoms with van der Waals surface area (Å²) in [7, 11) is 1.69. The van der Waals surface area contributed by atoms with E-state index in [-0.39, 0.29) is 0 Å². The van der Waals surface area contributed by atoms with Crippen LogP contribution in [0.15, 0.2) is 0 Å². The number of methoxy groups -OCH3 is 1. The average Bonchev–Trinajstić information content (AvgIpc) is 2.93. The molecule has 1 N–H and O–H groups in total. The molecule has 1 saturated carbocycles. The highest BCUT2D eigenvalue weighted by Gasteiger charge is 2.26. The van der Waals surface area contributed by atoms with Crippen molar-refractivity contribution >= 4 is 0 Å². The fourth-order valence-corrected chi connectivity index (χ4v) is 1.37. The van der Waals surface area contributed by atoms with Crippen molar-refractivity contribution in [2.45, 2.75) is 25.8 Å². The molecule has 0 radical (unpaired) electrons. The van der Waals surface area contributed by atoms with Gasteiger partial charge in [-0.25, -0.2) is 0 Å². The maximum Gasteiger partial charge on any atom is 0.0700 e. The zero-order valence-corrected chi connectivity index (χ0v) is 8.71. The second-order valence-corrected chi connectivity index (χ2v) is 3.69. The molecule has 1 unspecified atom stereocenters. The van der Waals surface area contributed by atoms with E-state index in [0.717, 1.165) is 19.1 Å². The van der Waals surface area contributed by atoms with Crippen molar-refractivity contribution < 1.29 is 9.47 Å². The van der Waals surface area contributed by atoms with Crippen molar-refractivity contribution in [2.24, 2.45) is 5.92 Å². The van der Waals surface area contributed by atoms with Crippen LogP contribution in [0.2, 0.25) is 0 Å². The van der Waals surface area contributed by atoms with Crippen LogP contribution >= 0.6 is 0 Å². The van der Waals surface area contributed by atoms with E-state index in [1.807, 2.05) is 0 Å². The Bertz CT molecular complexity index is 126. The molecule has 3 heteroatoms. The van der Waals surface area contributed by atoms with Crippen LogP contribution in [0.5, 0.6) is 0 Å². The minimum Gasteiger partial charge on any atom is -0.382 e. The van der Waals surface area contributed by atoms with E-state index in [2.05, 4.69) is 12.2 Å². The predicted molar refractivity (Wildman–Crippen MR) is 52.9 cm³/mol. The Labute approximate surface area is 80.8 Å². The molecule has 0 aromatic heterocycles. The van der Waals surface area contributed by atoms with Gasteiger partial charge in [-0.05, 0) is 25.7 Å². The molecular weight excluding hydrogens is 166 g/mol. The van der Waals surface area contributed by atoms with Gasteiger partial charge in [0.1, 0.15) is 0 Å². The van der Waals surface area contributed by atoms with Crippen LogP contribution < -0.4 is 5.32 Å². The van der Waals surface area contributed by atoms with Crippen molar-refractivity contribution in [3.8, 4) is 0 Å². The first-order chi connectivity index (χ1) is 6.34. The summed E-state index contributed by atoms with van der Waals surface area (Å²) in [4.78, 5) is 0. The summed E-state index contributed by atoms with van der Waals surface area (Å²) >= 11 is 0. The molecule has 13 heavy (non-hydrogen) atoms. The van der Waals surface area contributed by atoms with Gasteiger partial charge in [-0.15, -0.1) is 0 Å². The lowest BCUT2D eigenvalue weighted by Gasteiger charge is -2.12. The first-order valence-electron chi connectivity index (χ1n) is 5.14. The van der Waals surface area contributed by atoms with Crippen molar-refractivity contribution in [3.05, 3.63) is 0 Å². The molecule has 1 rings (SSSR count). The highest BCUT2D eigenvalue weighted by molar-refractivity contribution is 4.82. The lowest BCUT2D eigenvalue weighted by Crippen LogP contribution is -2.31. The van der Waals surface area contributed by atoms with Crippen LogP contribution in [0.25, 0.3) is 0 Å². The summed E-state index contributed by atoms with van der Waals surface area (Å²) in [5.41, 5.74) is 0. The second-order valence-electron chi connectivity index (χ2n) is 3.69. The summed E-state index contributed by atoms with van der Waals surface area (Å²) < 4.78 is 10.2. The van der Waals surface area contributed by atoms with Crippen LogP contribution in [-0.4, -0.2) is 39.5 Å². The Hall–Kier alpha value is -0.120. The minimum absolute atomic E-state index is 0.672. The van der Waals surface area contributed by atoms with Gasteiger partial charge >= 0.3 is 0 Å². The summed E-state index contributed by atoms with van der Waals surface area (Å²) in [6.45, 7) is 5.41. The molecule has 3 nitrogen and oxygen atoms in total. The Morgan fingerprint density at radius 2 is 2.08 bits per heavy atom. The first-order valence-corrected chi connectivity index (χ1v) is 5.14. The predicted octanol–water partition coefficient (Wildman–Crippen LogP) is 1.04. The van der Waals surface area contributed by atoms with E-state index in [4.69, 9.17) is 9.47 Å². The summed E-state index contributed by atoms with van der Waals surface area (Å²) in [6, 6.07) is 0.672. The Balaban J connectivity index is 1.77. The largest absolute Gasteiger partial charge is 0.382 e. The van der Waals surface area contributed by atoms with Crippen LogP contribution in [0.1, 0.15) is 19.8 Å². The number of hydrogen-bond acceptors (Lipinski definition) is 3. The molecule has 0 aliphatic heterocycles. The van der Waals surface area contributed by atoms with E-state index in [1.165, 1.54) is 12.8 Å². The summed E-state index contributed by atoms with van der Waals surface area (Å²) in [6.07, 6.45) is 2.80. The highest BCUT2D eigenvalue weighted by Crippen LogP contribution is 2.32. The third-order valence-electron chi connectivity index (χ3n) is 2.47. The van der Waals surface area contributed by atoms with Crippen molar-refractivity contribution in [1.29, 1.82) is 0 Å². The van der Waals surface area contributed by atoms with E-state index in [9.17, 15) is 0 Å². The quantitative estimate of drug-likeness (QED) is 0.576. The monoisotopic (exact) mass is 187 g/mol. The fraction of sp³-hybridized carbons (Fsp3) is 1.00. The molecule has 1 aliphatic carbocycles. The van der Waals surface area contributed by atoms with Gasteiger partial charge in [-0.2, -0.15) is 0 Å². The van der Waals surface area contributed by atoms with E-state index in [1.54, 1.807) is 7.11 Å². The van der Waals surface area contributed by atoms with Gasteiger partial charge in [-0.1, -0.05) is 0 Å². The van der Waals surface area contributed by atoms with Crippen LogP contribution in [0.3, 0.4) is 0 Å². The molecule has 0 aromatic carbocycles. The average molecular weight is 187 g/mol. The third kappa shape index (κ3) is 5.24. The maximum absolute atomic E-state index is 5.34. The number of nitrogens with one attached hydrogen (secondary N) is 1. The van der Waals surface area contributed by atoms with Gasteiger partial charge in [0, 0.05) is 19.7 Å². The molecule has 0 bridgehead atoms. The molecule has 1 fully saturated rings. The fourth-order valence-electron chi connectivity index (χ4n) is 1.37. The first kappa shape index (κ1) is 11.0. The van der Waals surface area contributed by atoms with Gasteiger partial charge in [0.2, 0.25) is 0 Å². The van der Waals surface area contributed by atoms with Gasteiger partial charge in [0.15, 0.2) is 0 Å². The molecule has 0 saturated heterocycles. The zero-order valence-electron chi connectivity index (χ0n) is 8.71. The Kier molecular flexibility index (Phi) is 5.35. The standard InChI is InChI=1S/C10H21NO2/c1-9(10-3-4-10)11-5-6-13-8-7-12-2/h9-11H,3-8H2,1-2H3. The van der Waals surface area contributed by atoms with Crippen LogP contribution in [-0.2, 0) is 9.47 Å². The number of rotatable bonds is 8. The molecular formula is C10H21NO2. The zero-order chi connectivity index (χ0) is 9.52. The maximum atomic E-state index is 5.34. The van der Waals surface area contributed by atoms with Crippen molar-refractivity contribution in [1.82, 2.24) is 5.32 Å². The van der Waals surface area contributed by atoms with Crippen molar-refractivity contribution in [3.63, 3.8) is 0 Å². The summed E-state index contributed by atoms with van der Waals surface area (Å²) in [5, 5.41) is 3.46. The van der Waals surface area contributed by atoms with Gasteiger partial charge in [0.05, 0.1) is 19.8 Å². The highest BCUT2D eigenvalue weighted by atomic mass is 16.5. The molecule has 0 amide bonds. The minimum atomic E-state index is 0.672. The summed E-state index contributed by atoms with van der Waals surface area (Å²) in [5.74, 6) is 0.930. The smallest absolute Gasteiger partial charge is 0.0700 e. The Morgan fingerprint density at radius 3 is 2.69 bits per heavy atom. The molecule has 0 spiro atoms. The van der Waals surface area contributed by atoms with Gasteiger partial charge in [-0.3, -0.25) is 0 Å². The number of hydrogen-bond donors (Lipinski definition) is 1. The molecule has 78 valence electrons. The van der Waals surface area contributed by atoms with E-state index >= 15 is 0 Å². The number of ether oxygens (including phenoxy) is 2. The normalized spacial score (nSPS) is 18.9. The van der Waals surface area contributed by atoms with Gasteiger partial charge < -0.3 is 14.8 Å². The SMILES string of the molecule is COCCOCCNC(C)C1CC1. The Morgan fingerprint density at radius 1 is 1.31 bits per heavy atom.